The van der Waals surface area contributed by atoms with Gasteiger partial charge in [0.15, 0.2) is 11.5 Å². The standard InChI is InChI=1S/C23H18Cl2N6O7/c1-33-17(32)13-9-14(37-22-28-18(24)26-20(30-22)34-2)16(36-11-12-7-5-4-6-8-12)15(10-13)38-23-29-19(25)27-21(31-23)35-3/h4-10H,11H2,1-3H3. The molecular formula is C23H18Cl2N6O7. The minimum atomic E-state index is -0.702. The second-order valence-corrected chi connectivity index (χ2v) is 7.70. The Morgan fingerprint density at radius 1 is 0.737 bits per heavy atom. The highest BCUT2D eigenvalue weighted by atomic mass is 35.5. The summed E-state index contributed by atoms with van der Waals surface area (Å²) in [7, 11) is 3.92. The van der Waals surface area contributed by atoms with Gasteiger partial charge < -0.3 is 28.4 Å². The van der Waals surface area contributed by atoms with Crippen molar-refractivity contribution in [3.63, 3.8) is 0 Å². The third-order valence-corrected chi connectivity index (χ3v) is 4.91. The first-order chi connectivity index (χ1) is 18.4. The molecule has 0 aliphatic rings. The van der Waals surface area contributed by atoms with E-state index in [0.717, 1.165) is 5.56 Å². The molecule has 0 N–H and O–H groups in total. The van der Waals surface area contributed by atoms with Crippen molar-refractivity contribution in [1.82, 2.24) is 29.9 Å². The summed E-state index contributed by atoms with van der Waals surface area (Å²) in [5, 5.41) is -0.378. The number of benzene rings is 2. The first kappa shape index (κ1) is 26.6. The molecule has 4 rings (SSSR count). The molecule has 0 saturated heterocycles. The van der Waals surface area contributed by atoms with Gasteiger partial charge in [0.1, 0.15) is 6.61 Å². The number of carbonyl (C=O) groups excluding carboxylic acids is 1. The minimum absolute atomic E-state index is 0.0313. The van der Waals surface area contributed by atoms with Crippen molar-refractivity contribution in [2.45, 2.75) is 6.61 Å². The van der Waals surface area contributed by atoms with Gasteiger partial charge in [0.25, 0.3) is 0 Å². The highest BCUT2D eigenvalue weighted by Gasteiger charge is 2.23. The molecular weight excluding hydrogens is 543 g/mol. The monoisotopic (exact) mass is 560 g/mol. The molecule has 0 unspecified atom stereocenters. The number of rotatable bonds is 10. The van der Waals surface area contributed by atoms with Crippen LogP contribution in [-0.2, 0) is 11.3 Å². The number of esters is 1. The molecule has 196 valence electrons. The van der Waals surface area contributed by atoms with Gasteiger partial charge in [-0.2, -0.15) is 19.9 Å². The number of carbonyl (C=O) groups is 1. The van der Waals surface area contributed by atoms with Crippen molar-refractivity contribution in [2.24, 2.45) is 0 Å². The van der Waals surface area contributed by atoms with Crippen LogP contribution < -0.4 is 23.7 Å². The zero-order chi connectivity index (χ0) is 27.1. The molecule has 13 nitrogen and oxygen atoms in total. The molecule has 0 spiro atoms. The lowest BCUT2D eigenvalue weighted by Gasteiger charge is -2.17. The average Bonchev–Trinajstić information content (AvgIpc) is 2.91. The van der Waals surface area contributed by atoms with E-state index in [9.17, 15) is 4.79 Å². The molecule has 2 aromatic carbocycles. The highest BCUT2D eigenvalue weighted by Crippen LogP contribution is 2.43. The maximum absolute atomic E-state index is 12.5. The van der Waals surface area contributed by atoms with E-state index in [1.54, 1.807) is 0 Å². The number of ether oxygens (including phenoxy) is 6. The Labute approximate surface area is 225 Å². The Kier molecular flexibility index (Phi) is 8.51. The fourth-order valence-corrected chi connectivity index (χ4v) is 3.23. The van der Waals surface area contributed by atoms with Crippen LogP contribution in [0.2, 0.25) is 10.6 Å². The third kappa shape index (κ3) is 6.63. The summed E-state index contributed by atoms with van der Waals surface area (Å²) in [6, 6.07) is 11.3. The number of nitrogens with zero attached hydrogens (tertiary/aromatic N) is 6. The lowest BCUT2D eigenvalue weighted by molar-refractivity contribution is 0.0599. The molecule has 0 bridgehead atoms. The SMILES string of the molecule is COC(=O)c1cc(Oc2nc(Cl)nc(OC)n2)c(OCc2ccccc2)c(Oc2nc(Cl)nc(OC)n2)c1. The van der Waals surface area contributed by atoms with Gasteiger partial charge in [0, 0.05) is 0 Å². The fourth-order valence-electron chi connectivity index (χ4n) is 2.94. The largest absolute Gasteiger partial charge is 0.482 e. The number of halogens is 2. The van der Waals surface area contributed by atoms with Gasteiger partial charge in [-0.25, -0.2) is 4.79 Å². The van der Waals surface area contributed by atoms with E-state index in [4.69, 9.17) is 51.6 Å². The lowest BCUT2D eigenvalue weighted by Crippen LogP contribution is -2.07. The van der Waals surface area contributed by atoms with Crippen molar-refractivity contribution < 1.29 is 33.2 Å². The van der Waals surface area contributed by atoms with E-state index in [1.807, 2.05) is 30.3 Å². The zero-order valence-electron chi connectivity index (χ0n) is 20.0. The summed E-state index contributed by atoms with van der Waals surface area (Å²) in [5.74, 6) is -0.732. The van der Waals surface area contributed by atoms with Crippen LogP contribution in [0, 0.1) is 0 Å². The molecule has 0 amide bonds. The maximum Gasteiger partial charge on any atom is 0.338 e. The maximum atomic E-state index is 12.5. The normalized spacial score (nSPS) is 10.4. The molecule has 0 aliphatic carbocycles. The van der Waals surface area contributed by atoms with Gasteiger partial charge in [-0.3, -0.25) is 0 Å². The summed E-state index contributed by atoms with van der Waals surface area (Å²) < 4.78 is 32.7. The highest BCUT2D eigenvalue weighted by molar-refractivity contribution is 6.28. The Morgan fingerprint density at radius 3 is 1.71 bits per heavy atom. The van der Waals surface area contributed by atoms with Crippen LogP contribution in [0.25, 0.3) is 0 Å². The van der Waals surface area contributed by atoms with Crippen molar-refractivity contribution in [3.05, 3.63) is 64.2 Å². The summed E-state index contributed by atoms with van der Waals surface area (Å²) in [6.45, 7) is 0.0910. The third-order valence-electron chi connectivity index (χ3n) is 4.57. The average molecular weight is 561 g/mol. The number of methoxy groups -OCH3 is 3. The van der Waals surface area contributed by atoms with Gasteiger partial charge in [0.2, 0.25) is 16.3 Å². The van der Waals surface area contributed by atoms with E-state index >= 15 is 0 Å². The molecule has 38 heavy (non-hydrogen) atoms. The smallest absolute Gasteiger partial charge is 0.338 e. The Bertz CT molecular complexity index is 1370. The second kappa shape index (κ2) is 12.2. The molecule has 0 atom stereocenters. The number of hydrogen-bond acceptors (Lipinski definition) is 13. The Morgan fingerprint density at radius 2 is 1.24 bits per heavy atom. The van der Waals surface area contributed by atoms with Crippen molar-refractivity contribution in [1.29, 1.82) is 0 Å². The van der Waals surface area contributed by atoms with E-state index in [2.05, 4.69) is 29.9 Å². The van der Waals surface area contributed by atoms with Crippen LogP contribution in [-0.4, -0.2) is 57.2 Å². The van der Waals surface area contributed by atoms with Crippen LogP contribution in [0.1, 0.15) is 15.9 Å². The van der Waals surface area contributed by atoms with Gasteiger partial charge in [-0.1, -0.05) is 30.3 Å². The van der Waals surface area contributed by atoms with E-state index in [1.165, 1.54) is 33.5 Å². The molecule has 2 aromatic heterocycles. The van der Waals surface area contributed by atoms with Gasteiger partial charge in [-0.05, 0) is 40.9 Å². The lowest BCUT2D eigenvalue weighted by atomic mass is 10.1. The number of hydrogen-bond donors (Lipinski definition) is 0. The minimum Gasteiger partial charge on any atom is -0.482 e. The Balaban J connectivity index is 1.83. The molecule has 2 heterocycles. The van der Waals surface area contributed by atoms with Crippen molar-refractivity contribution >= 4 is 29.2 Å². The van der Waals surface area contributed by atoms with E-state index in [-0.39, 0.29) is 64.0 Å². The topological polar surface area (TPSA) is 150 Å². The fraction of sp³-hybridized carbons (Fsp3) is 0.174. The molecule has 0 aliphatic heterocycles. The zero-order valence-corrected chi connectivity index (χ0v) is 21.6. The van der Waals surface area contributed by atoms with Crippen LogP contribution in [0.4, 0.5) is 0 Å². The predicted molar refractivity (Wildman–Crippen MR) is 131 cm³/mol. The van der Waals surface area contributed by atoms with Gasteiger partial charge in [0.05, 0.1) is 26.9 Å². The van der Waals surface area contributed by atoms with E-state index < -0.39 is 5.97 Å². The summed E-state index contributed by atoms with van der Waals surface area (Å²) in [6.07, 6.45) is 0. The first-order valence-corrected chi connectivity index (χ1v) is 11.3. The van der Waals surface area contributed by atoms with E-state index in [0.29, 0.717) is 0 Å². The van der Waals surface area contributed by atoms with Gasteiger partial charge >= 0.3 is 30.0 Å². The molecule has 0 radical (unpaired) electrons. The molecule has 0 saturated carbocycles. The van der Waals surface area contributed by atoms with Crippen LogP contribution >= 0.6 is 23.2 Å². The molecule has 15 heteroatoms. The summed E-state index contributed by atoms with van der Waals surface area (Å²) in [4.78, 5) is 36.0. The van der Waals surface area contributed by atoms with Crippen LogP contribution in [0.5, 0.6) is 41.3 Å². The quantitative estimate of drug-likeness (QED) is 0.253. The van der Waals surface area contributed by atoms with Crippen LogP contribution in [0.3, 0.4) is 0 Å². The predicted octanol–water partition coefficient (Wildman–Crippen LogP) is 4.33. The Hall–Kier alpha value is -4.49. The number of aromatic nitrogens is 6. The summed E-state index contributed by atoms with van der Waals surface area (Å²) >= 11 is 11.9. The van der Waals surface area contributed by atoms with Crippen LogP contribution in [0.15, 0.2) is 42.5 Å². The molecule has 4 aromatic rings. The van der Waals surface area contributed by atoms with Crippen molar-refractivity contribution in [2.75, 3.05) is 21.3 Å². The second-order valence-electron chi connectivity index (χ2n) is 7.02. The summed E-state index contributed by atoms with van der Waals surface area (Å²) in [5.41, 5.74) is 0.861. The first-order valence-electron chi connectivity index (χ1n) is 10.6. The van der Waals surface area contributed by atoms with Crippen molar-refractivity contribution in [3.8, 4) is 41.3 Å². The van der Waals surface area contributed by atoms with Gasteiger partial charge in [-0.15, -0.1) is 9.97 Å². The molecule has 0 fully saturated rings.